The summed E-state index contributed by atoms with van der Waals surface area (Å²) in [5.41, 5.74) is -4.11. The summed E-state index contributed by atoms with van der Waals surface area (Å²) in [4.78, 5) is 103. The molecule has 5 heterocycles. The van der Waals surface area contributed by atoms with Crippen molar-refractivity contribution in [1.29, 1.82) is 0 Å². The summed E-state index contributed by atoms with van der Waals surface area (Å²) in [6, 6.07) is -1.16. The summed E-state index contributed by atoms with van der Waals surface area (Å²) in [6.45, 7) is 13.8. The zero-order valence-electron chi connectivity index (χ0n) is 37.4. The van der Waals surface area contributed by atoms with Crippen LogP contribution in [0.15, 0.2) is 49.3 Å². The van der Waals surface area contributed by atoms with Crippen LogP contribution < -0.4 is 0 Å². The molecule has 0 aromatic rings. The van der Waals surface area contributed by atoms with Crippen molar-refractivity contribution in [3.63, 3.8) is 0 Å². The summed E-state index contributed by atoms with van der Waals surface area (Å²) in [6.07, 6.45) is -1.65. The van der Waals surface area contributed by atoms with Gasteiger partial charge in [0.15, 0.2) is 0 Å². The monoisotopic (exact) mass is 938 g/mol. The van der Waals surface area contributed by atoms with Gasteiger partial charge in [-0.25, -0.2) is 0 Å². The molecule has 0 aromatic heterocycles. The standard InChI is InChI=1S/C45H60N4O14.Co/c1-21-36-24(10-13-30(52)53)41(3,4)28(47-36)18-27-23(9-12-29(50)51)43(6,19-34(60)61)39(46-27)22(2)37-25(11-14-31(54)55)44(7,20-35(62)63)45(8,49-37)40-26(17-33(58)59)42(5,38(21)48-40)16-15-32(56)57;/h18,23-26,40H,9-17,19-20H2,1-8H3,(H8,46,47,48,49,50,51,52,53,54,55,56,57,58,59,60,61,62,63);/q;+3/p-1/t23-,24-,25-,26+,40-,42-,43+,44+,45+;/m1./s1. The van der Waals surface area contributed by atoms with Gasteiger partial charge >= 0.3 is 58.6 Å². The second-order valence-corrected chi connectivity index (χ2v) is 19.4. The Morgan fingerprint density at radius 3 is 1.62 bits per heavy atom. The quantitative estimate of drug-likeness (QED) is 0.0752. The van der Waals surface area contributed by atoms with Crippen molar-refractivity contribution in [2.24, 2.45) is 60.3 Å². The van der Waals surface area contributed by atoms with Gasteiger partial charge in [0.05, 0.1) is 24.1 Å². The molecule has 5 aliphatic heterocycles. The molecule has 0 saturated carbocycles. The Kier molecular flexibility index (Phi) is 14.8. The fraction of sp³-hybridized carbons (Fsp3) is 0.644. The van der Waals surface area contributed by atoms with Crippen LogP contribution in [-0.2, 0) is 50.3 Å². The van der Waals surface area contributed by atoms with Crippen molar-refractivity contribution in [2.75, 3.05) is 0 Å². The van der Waals surface area contributed by atoms with Gasteiger partial charge < -0.3 is 41.1 Å². The van der Waals surface area contributed by atoms with Crippen molar-refractivity contribution >= 4 is 58.9 Å². The number of rotatable bonds is 18. The summed E-state index contributed by atoms with van der Waals surface area (Å²) in [7, 11) is 0. The first-order chi connectivity index (χ1) is 29.0. The van der Waals surface area contributed by atoms with Gasteiger partial charge in [-0.3, -0.25) is 48.5 Å². The predicted octanol–water partition coefficient (Wildman–Crippen LogP) is 6.70. The first-order valence-electron chi connectivity index (χ1n) is 21.2. The molecular weight excluding hydrogens is 879 g/mol. The number of hydrogen-bond donors (Lipinski definition) is 7. The van der Waals surface area contributed by atoms with Crippen LogP contribution in [0.5, 0.6) is 0 Å². The van der Waals surface area contributed by atoms with Crippen molar-refractivity contribution < 1.29 is 86.1 Å². The first kappa shape index (κ1) is 51.5. The maximum absolute atomic E-state index is 13.1. The van der Waals surface area contributed by atoms with E-state index in [0.717, 1.165) is 0 Å². The molecule has 0 amide bonds. The van der Waals surface area contributed by atoms with E-state index >= 15 is 0 Å². The third-order valence-electron chi connectivity index (χ3n) is 15.2. The zero-order chi connectivity index (χ0) is 47.4. The van der Waals surface area contributed by atoms with Crippen LogP contribution in [-0.4, -0.2) is 106 Å². The molecule has 18 nitrogen and oxygen atoms in total. The van der Waals surface area contributed by atoms with E-state index in [9.17, 15) is 69.3 Å². The molecule has 350 valence electrons. The van der Waals surface area contributed by atoms with Crippen LogP contribution in [0.25, 0.3) is 5.32 Å². The normalized spacial score (nSPS) is 35.6. The smallest absolute Gasteiger partial charge is 0.682 e. The predicted molar refractivity (Wildman–Crippen MR) is 228 cm³/mol. The van der Waals surface area contributed by atoms with Gasteiger partial charge in [-0.15, -0.1) is 0 Å². The Morgan fingerprint density at radius 2 is 1.12 bits per heavy atom. The molecular formula is C45H59CoN4O14+2. The fourth-order valence-corrected chi connectivity index (χ4v) is 11.6. The fourth-order valence-electron chi connectivity index (χ4n) is 11.6. The maximum atomic E-state index is 13.1. The number of aliphatic imine (C=N–C) groups is 3. The van der Waals surface area contributed by atoms with Crippen LogP contribution in [0.1, 0.15) is 126 Å². The van der Waals surface area contributed by atoms with Gasteiger partial charge in [-0.2, -0.15) is 5.70 Å². The molecule has 1 fully saturated rings. The average Bonchev–Trinajstić information content (AvgIpc) is 3.75. The molecule has 0 radical (unpaired) electrons. The molecule has 8 bridgehead atoms. The second-order valence-electron chi connectivity index (χ2n) is 19.4. The topological polar surface area (TPSA) is 312 Å². The number of carboxylic acid groups (broad SMARTS) is 7. The van der Waals surface area contributed by atoms with E-state index in [1.54, 1.807) is 47.6 Å². The molecule has 7 N–H and O–H groups in total. The van der Waals surface area contributed by atoms with Crippen molar-refractivity contribution in [3.8, 4) is 0 Å². The van der Waals surface area contributed by atoms with Crippen molar-refractivity contribution in [3.05, 3.63) is 39.6 Å². The first-order valence-corrected chi connectivity index (χ1v) is 21.2. The molecule has 5 rings (SSSR count). The number of hydrogen-bond acceptors (Lipinski definition) is 10. The Labute approximate surface area is 381 Å². The summed E-state index contributed by atoms with van der Waals surface area (Å²) in [5.74, 6) is -11.7. The summed E-state index contributed by atoms with van der Waals surface area (Å²) < 4.78 is 0. The molecule has 0 aliphatic carbocycles. The minimum absolute atomic E-state index is 0. The maximum Gasteiger partial charge on any atom is 3.00 e. The van der Waals surface area contributed by atoms with Crippen LogP contribution in [0, 0.1) is 45.3 Å². The average molecular weight is 939 g/mol. The third kappa shape index (κ3) is 9.06. The van der Waals surface area contributed by atoms with Gasteiger partial charge in [0.1, 0.15) is 0 Å². The Hall–Kier alpha value is -5.17. The number of carboxylic acids is 7. The molecule has 9 atom stereocenters. The number of fused-ring (bicyclic) bond motifs is 6. The minimum atomic E-state index is -1.64. The molecule has 0 unspecified atom stereocenters. The van der Waals surface area contributed by atoms with E-state index in [-0.39, 0.29) is 66.7 Å². The van der Waals surface area contributed by atoms with E-state index in [0.29, 0.717) is 34.0 Å². The van der Waals surface area contributed by atoms with Crippen LogP contribution >= 0.6 is 0 Å². The van der Waals surface area contributed by atoms with Gasteiger partial charge in [0.25, 0.3) is 0 Å². The van der Waals surface area contributed by atoms with E-state index < -0.39 is 131 Å². The summed E-state index contributed by atoms with van der Waals surface area (Å²) >= 11 is 0. The minimum Gasteiger partial charge on any atom is -0.682 e. The van der Waals surface area contributed by atoms with Gasteiger partial charge in [0.2, 0.25) is 0 Å². The van der Waals surface area contributed by atoms with Crippen LogP contribution in [0.3, 0.4) is 0 Å². The molecule has 0 spiro atoms. The van der Waals surface area contributed by atoms with Gasteiger partial charge in [0, 0.05) is 88.9 Å². The Bertz CT molecular complexity index is 2220. The summed E-state index contributed by atoms with van der Waals surface area (Å²) in [5, 5.41) is 76.9. The second kappa shape index (κ2) is 18.4. The van der Waals surface area contributed by atoms with Crippen molar-refractivity contribution in [1.82, 2.24) is 0 Å². The van der Waals surface area contributed by atoms with Crippen LogP contribution in [0.4, 0.5) is 0 Å². The number of allylic oxidation sites excluding steroid dienone is 6. The number of aliphatic carboxylic acids is 7. The number of carbonyl (C=O) groups is 7. The van der Waals surface area contributed by atoms with Crippen LogP contribution in [0.2, 0.25) is 0 Å². The molecule has 0 aromatic carbocycles. The van der Waals surface area contributed by atoms with E-state index in [2.05, 4.69) is 0 Å². The molecule has 1 saturated heterocycles. The third-order valence-corrected chi connectivity index (χ3v) is 15.2. The van der Waals surface area contributed by atoms with Gasteiger partial charge in [-0.1, -0.05) is 40.7 Å². The SMILES string of the molecule is C/C1=C2/[N-][C@H]([C@H](CC(=O)O)[C@@]2(C)CCC(=O)O)[C@]2(C)N=C(/C(C)=C3N=C(/C=C4N=C1[C@@H](CCC(=O)O)C\4(C)C)[C@@H](CCC(=O)O)[C@]\3(C)CC(=O)O)[C@@H](CCC(=O)O)[C@]2(C)CC(=O)O.[Co+3]. The molecule has 19 heteroatoms. The largest absolute Gasteiger partial charge is 3.00 e. The van der Waals surface area contributed by atoms with E-state index in [4.69, 9.17) is 20.3 Å². The van der Waals surface area contributed by atoms with E-state index in [1.165, 1.54) is 0 Å². The Morgan fingerprint density at radius 1 is 0.609 bits per heavy atom. The van der Waals surface area contributed by atoms with Crippen molar-refractivity contribution in [2.45, 2.75) is 138 Å². The Balaban J connectivity index is 0.00000898. The van der Waals surface area contributed by atoms with Gasteiger partial charge in [-0.05, 0) is 75.0 Å². The number of nitrogens with zero attached hydrogens (tertiary/aromatic N) is 4. The molecule has 64 heavy (non-hydrogen) atoms. The van der Waals surface area contributed by atoms with E-state index in [1.807, 2.05) is 13.8 Å². The molecule has 5 aliphatic rings. The zero-order valence-corrected chi connectivity index (χ0v) is 38.4.